The van der Waals surface area contributed by atoms with Crippen LogP contribution in [0.2, 0.25) is 5.02 Å². The molecule has 0 unspecified atom stereocenters. The molecule has 0 radical (unpaired) electrons. The zero-order valence-corrected chi connectivity index (χ0v) is 12.4. The van der Waals surface area contributed by atoms with Crippen LogP contribution in [0.5, 0.6) is 11.5 Å². The van der Waals surface area contributed by atoms with Gasteiger partial charge in [-0.05, 0) is 24.3 Å². The first-order valence-electron chi connectivity index (χ1n) is 6.07. The van der Waals surface area contributed by atoms with Gasteiger partial charge >= 0.3 is 0 Å². The SMILES string of the molecule is COc1cc(OC)c(Nc2ccc(N)c(C#N)c2)cc1Cl. The second-order valence-electron chi connectivity index (χ2n) is 4.23. The van der Waals surface area contributed by atoms with Crippen LogP contribution in [0.15, 0.2) is 30.3 Å². The standard InChI is InChI=1S/C15H14ClN3O2/c1-20-14-7-15(21-2)13(6-11(14)16)19-10-3-4-12(18)9(5-10)8-17/h3-7,19H,18H2,1-2H3. The summed E-state index contributed by atoms with van der Waals surface area (Å²) in [6.45, 7) is 0. The number of halogens is 1. The van der Waals surface area contributed by atoms with Crippen LogP contribution in [0.4, 0.5) is 17.1 Å². The van der Waals surface area contributed by atoms with Crippen molar-refractivity contribution < 1.29 is 9.47 Å². The number of hydrogen-bond acceptors (Lipinski definition) is 5. The maximum atomic E-state index is 9.00. The Morgan fingerprint density at radius 3 is 2.48 bits per heavy atom. The summed E-state index contributed by atoms with van der Waals surface area (Å²) < 4.78 is 10.5. The van der Waals surface area contributed by atoms with Gasteiger partial charge in [0.15, 0.2) is 0 Å². The number of nitrogens with two attached hydrogens (primary N) is 1. The first-order chi connectivity index (χ1) is 10.1. The molecule has 0 amide bonds. The van der Waals surface area contributed by atoms with Gasteiger partial charge in [0.2, 0.25) is 0 Å². The first kappa shape index (κ1) is 14.8. The number of nitriles is 1. The van der Waals surface area contributed by atoms with E-state index in [1.165, 1.54) is 7.11 Å². The lowest BCUT2D eigenvalue weighted by Gasteiger charge is -2.14. The van der Waals surface area contributed by atoms with E-state index >= 15 is 0 Å². The highest BCUT2D eigenvalue weighted by Crippen LogP contribution is 2.37. The minimum absolute atomic E-state index is 0.401. The fourth-order valence-electron chi connectivity index (χ4n) is 1.84. The Balaban J connectivity index is 2.39. The van der Waals surface area contributed by atoms with E-state index in [0.717, 1.165) is 0 Å². The average molecular weight is 304 g/mol. The van der Waals surface area contributed by atoms with Gasteiger partial charge in [0.25, 0.3) is 0 Å². The third-order valence-corrected chi connectivity index (χ3v) is 3.22. The Morgan fingerprint density at radius 2 is 1.86 bits per heavy atom. The lowest BCUT2D eigenvalue weighted by molar-refractivity contribution is 0.396. The zero-order valence-electron chi connectivity index (χ0n) is 11.6. The number of ether oxygens (including phenoxy) is 2. The zero-order chi connectivity index (χ0) is 15.4. The van der Waals surface area contributed by atoms with Gasteiger partial charge < -0.3 is 20.5 Å². The van der Waals surface area contributed by atoms with Crippen LogP contribution in [0.1, 0.15) is 5.56 Å². The van der Waals surface area contributed by atoms with Crippen molar-refractivity contribution in [2.75, 3.05) is 25.3 Å². The number of hydrogen-bond donors (Lipinski definition) is 2. The van der Waals surface area contributed by atoms with Crippen molar-refractivity contribution in [3.8, 4) is 17.6 Å². The number of nitrogens with zero attached hydrogens (tertiary/aromatic N) is 1. The molecule has 6 heteroatoms. The molecule has 0 spiro atoms. The van der Waals surface area contributed by atoms with E-state index in [-0.39, 0.29) is 0 Å². The van der Waals surface area contributed by atoms with Crippen molar-refractivity contribution in [2.24, 2.45) is 0 Å². The highest BCUT2D eigenvalue weighted by Gasteiger charge is 2.10. The molecule has 0 saturated heterocycles. The van der Waals surface area contributed by atoms with Crippen molar-refractivity contribution in [1.82, 2.24) is 0 Å². The molecule has 0 aliphatic carbocycles. The van der Waals surface area contributed by atoms with Crippen LogP contribution in [-0.4, -0.2) is 14.2 Å². The highest BCUT2D eigenvalue weighted by molar-refractivity contribution is 6.32. The molecule has 2 aromatic rings. The molecule has 0 saturated carbocycles. The predicted molar refractivity (Wildman–Crippen MR) is 83.4 cm³/mol. The van der Waals surface area contributed by atoms with E-state index in [0.29, 0.717) is 39.1 Å². The number of anilines is 3. The second-order valence-corrected chi connectivity index (χ2v) is 4.63. The van der Waals surface area contributed by atoms with Crippen molar-refractivity contribution in [3.05, 3.63) is 40.9 Å². The minimum Gasteiger partial charge on any atom is -0.495 e. The number of nitrogen functional groups attached to an aromatic ring is 1. The van der Waals surface area contributed by atoms with Crippen molar-refractivity contribution in [2.45, 2.75) is 0 Å². The molecule has 0 aromatic heterocycles. The molecule has 3 N–H and O–H groups in total. The molecule has 5 nitrogen and oxygen atoms in total. The van der Waals surface area contributed by atoms with Crippen LogP contribution in [0, 0.1) is 11.3 Å². The minimum atomic E-state index is 0.401. The molecular weight excluding hydrogens is 290 g/mol. The molecule has 0 heterocycles. The molecule has 0 fully saturated rings. The normalized spacial score (nSPS) is 9.81. The van der Waals surface area contributed by atoms with Gasteiger partial charge in [-0.15, -0.1) is 0 Å². The summed E-state index contributed by atoms with van der Waals surface area (Å²) >= 11 is 6.12. The lowest BCUT2D eigenvalue weighted by Crippen LogP contribution is -1.98. The lowest BCUT2D eigenvalue weighted by atomic mass is 10.1. The van der Waals surface area contributed by atoms with Gasteiger partial charge in [-0.1, -0.05) is 11.6 Å². The van der Waals surface area contributed by atoms with Crippen molar-refractivity contribution in [1.29, 1.82) is 5.26 Å². The van der Waals surface area contributed by atoms with Crippen LogP contribution < -0.4 is 20.5 Å². The fourth-order valence-corrected chi connectivity index (χ4v) is 2.08. The molecule has 21 heavy (non-hydrogen) atoms. The maximum absolute atomic E-state index is 9.00. The summed E-state index contributed by atoms with van der Waals surface area (Å²) in [7, 11) is 3.09. The van der Waals surface area contributed by atoms with Crippen LogP contribution in [0.3, 0.4) is 0 Å². The van der Waals surface area contributed by atoms with Gasteiger partial charge in [0.1, 0.15) is 17.6 Å². The molecule has 0 atom stereocenters. The molecular formula is C15H14ClN3O2. The van der Waals surface area contributed by atoms with E-state index < -0.39 is 0 Å². The third kappa shape index (κ3) is 3.12. The number of methoxy groups -OCH3 is 2. The van der Waals surface area contributed by atoms with Crippen LogP contribution >= 0.6 is 11.6 Å². The Morgan fingerprint density at radius 1 is 1.14 bits per heavy atom. The van der Waals surface area contributed by atoms with E-state index in [4.69, 9.17) is 32.1 Å². The van der Waals surface area contributed by atoms with Gasteiger partial charge in [-0.3, -0.25) is 0 Å². The Bertz CT molecular complexity index is 711. The third-order valence-electron chi connectivity index (χ3n) is 2.93. The summed E-state index contributed by atoms with van der Waals surface area (Å²) in [6.07, 6.45) is 0. The quantitative estimate of drug-likeness (QED) is 0.844. The Hall–Kier alpha value is -2.58. The fraction of sp³-hybridized carbons (Fsp3) is 0.133. The maximum Gasteiger partial charge on any atom is 0.146 e. The van der Waals surface area contributed by atoms with Gasteiger partial charge in [-0.2, -0.15) is 5.26 Å². The van der Waals surface area contributed by atoms with Gasteiger partial charge in [-0.25, -0.2) is 0 Å². The summed E-state index contributed by atoms with van der Waals surface area (Å²) in [5.74, 6) is 1.10. The average Bonchev–Trinajstić information content (AvgIpc) is 2.49. The summed E-state index contributed by atoms with van der Waals surface area (Å²) in [4.78, 5) is 0. The predicted octanol–water partition coefficient (Wildman–Crippen LogP) is 3.55. The van der Waals surface area contributed by atoms with Crippen molar-refractivity contribution >= 4 is 28.7 Å². The molecule has 0 bridgehead atoms. The second kappa shape index (κ2) is 6.25. The smallest absolute Gasteiger partial charge is 0.146 e. The van der Waals surface area contributed by atoms with E-state index in [9.17, 15) is 0 Å². The number of nitrogens with one attached hydrogen (secondary N) is 1. The number of benzene rings is 2. The first-order valence-corrected chi connectivity index (χ1v) is 6.45. The Labute approximate surface area is 127 Å². The molecule has 2 rings (SSSR count). The molecule has 0 aliphatic heterocycles. The molecule has 2 aromatic carbocycles. The van der Waals surface area contributed by atoms with E-state index in [2.05, 4.69) is 5.32 Å². The van der Waals surface area contributed by atoms with Crippen LogP contribution in [-0.2, 0) is 0 Å². The summed E-state index contributed by atoms with van der Waals surface area (Å²) in [5, 5.41) is 12.6. The number of rotatable bonds is 4. The summed E-state index contributed by atoms with van der Waals surface area (Å²) in [5.41, 5.74) is 7.91. The van der Waals surface area contributed by atoms with Crippen molar-refractivity contribution in [3.63, 3.8) is 0 Å². The van der Waals surface area contributed by atoms with Gasteiger partial charge in [0, 0.05) is 17.4 Å². The highest BCUT2D eigenvalue weighted by atomic mass is 35.5. The molecule has 108 valence electrons. The topological polar surface area (TPSA) is 80.3 Å². The largest absolute Gasteiger partial charge is 0.495 e. The monoisotopic (exact) mass is 303 g/mol. The Kier molecular flexibility index (Phi) is 4.41. The van der Waals surface area contributed by atoms with Crippen LogP contribution in [0.25, 0.3) is 0 Å². The molecule has 0 aliphatic rings. The summed E-state index contributed by atoms with van der Waals surface area (Å²) in [6, 6.07) is 10.5. The van der Waals surface area contributed by atoms with Gasteiger partial charge in [0.05, 0.1) is 30.5 Å². The van der Waals surface area contributed by atoms with E-state index in [1.54, 1.807) is 37.4 Å². The van der Waals surface area contributed by atoms with E-state index in [1.807, 2.05) is 6.07 Å².